The lowest BCUT2D eigenvalue weighted by molar-refractivity contribution is -1.02. The van der Waals surface area contributed by atoms with Gasteiger partial charge in [0.05, 0.1) is 34.8 Å². The van der Waals surface area contributed by atoms with Crippen molar-refractivity contribution in [2.75, 3.05) is 34.8 Å². The second-order valence-electron chi connectivity index (χ2n) is 2.79. The first kappa shape index (κ1) is 8.88. The van der Waals surface area contributed by atoms with Crippen LogP contribution in [0.4, 0.5) is 0 Å². The Labute approximate surface area is 57.3 Å². The van der Waals surface area contributed by atoms with E-state index in [1.54, 1.807) is 7.11 Å². The van der Waals surface area contributed by atoms with Crippen molar-refractivity contribution in [3.05, 3.63) is 0 Å². The number of rotatable bonds is 3. The molecule has 0 amide bonds. The number of hydroxylamine groups is 1. The van der Waals surface area contributed by atoms with Gasteiger partial charge >= 0.3 is 0 Å². The Morgan fingerprint density at radius 3 is 1.78 bits per heavy atom. The van der Waals surface area contributed by atoms with Gasteiger partial charge in [0.2, 0.25) is 0 Å². The summed E-state index contributed by atoms with van der Waals surface area (Å²) in [5, 5.41) is 1.88. The standard InChI is InChI=1S/C6H17N2O/c1-6-7(9-5)8(2,3)4/h6H2,1-5H3/q+1. The van der Waals surface area contributed by atoms with Crippen molar-refractivity contribution in [2.45, 2.75) is 6.92 Å². The molecule has 0 aromatic heterocycles. The van der Waals surface area contributed by atoms with E-state index in [0.29, 0.717) is 4.59 Å². The highest BCUT2D eigenvalue weighted by Crippen LogP contribution is 1.98. The third-order valence-corrected chi connectivity index (χ3v) is 1.15. The molecule has 3 nitrogen and oxygen atoms in total. The van der Waals surface area contributed by atoms with E-state index >= 15 is 0 Å². The molecule has 0 N–H and O–H groups in total. The van der Waals surface area contributed by atoms with Crippen LogP contribution in [0.25, 0.3) is 0 Å². The van der Waals surface area contributed by atoms with Crippen LogP contribution in [0.15, 0.2) is 0 Å². The lowest BCUT2D eigenvalue weighted by Crippen LogP contribution is -2.50. The summed E-state index contributed by atoms with van der Waals surface area (Å²) in [4.78, 5) is 5.07. The minimum atomic E-state index is 0.715. The summed E-state index contributed by atoms with van der Waals surface area (Å²) in [6, 6.07) is 0. The lowest BCUT2D eigenvalue weighted by Gasteiger charge is -2.32. The van der Waals surface area contributed by atoms with E-state index in [9.17, 15) is 0 Å². The second-order valence-corrected chi connectivity index (χ2v) is 2.79. The van der Waals surface area contributed by atoms with Crippen molar-refractivity contribution < 1.29 is 9.43 Å². The summed E-state index contributed by atoms with van der Waals surface area (Å²) in [6.45, 7) is 2.97. The predicted molar refractivity (Wildman–Crippen MR) is 37.4 cm³/mol. The van der Waals surface area contributed by atoms with E-state index in [-0.39, 0.29) is 0 Å². The van der Waals surface area contributed by atoms with Gasteiger partial charge in [-0.2, -0.15) is 0 Å². The van der Waals surface area contributed by atoms with Gasteiger partial charge in [-0.25, -0.2) is 4.59 Å². The fourth-order valence-electron chi connectivity index (χ4n) is 0.798. The van der Waals surface area contributed by atoms with E-state index in [2.05, 4.69) is 28.1 Å². The third-order valence-electron chi connectivity index (χ3n) is 1.15. The van der Waals surface area contributed by atoms with Crippen molar-refractivity contribution in [2.24, 2.45) is 0 Å². The molecule has 0 radical (unpaired) electrons. The minimum Gasteiger partial charge on any atom is -0.257 e. The molecular weight excluding hydrogens is 116 g/mol. The first-order chi connectivity index (χ1) is 4.02. The molecule has 0 rings (SSSR count). The van der Waals surface area contributed by atoms with Gasteiger partial charge in [-0.05, 0) is 12.1 Å². The van der Waals surface area contributed by atoms with E-state index in [1.807, 2.05) is 5.17 Å². The SMILES string of the molecule is CCN(OC)[N+](C)(C)C. The number of hydrogen-bond donors (Lipinski definition) is 0. The first-order valence-electron chi connectivity index (χ1n) is 3.16. The quantitative estimate of drug-likeness (QED) is 0.410. The number of nitrogens with zero attached hydrogens (tertiary/aromatic N) is 2. The zero-order valence-electron chi connectivity index (χ0n) is 7.01. The summed E-state index contributed by atoms with van der Waals surface area (Å²) in [7, 11) is 7.88. The van der Waals surface area contributed by atoms with Crippen LogP contribution in [0.2, 0.25) is 0 Å². The fraction of sp³-hybridized carbons (Fsp3) is 1.00. The molecule has 3 heteroatoms. The highest BCUT2D eigenvalue weighted by Gasteiger charge is 2.17. The molecule has 0 unspecified atom stereocenters. The molecule has 0 spiro atoms. The molecular formula is C6H17N2O+. The molecule has 0 saturated carbocycles. The first-order valence-corrected chi connectivity index (χ1v) is 3.16. The van der Waals surface area contributed by atoms with Crippen molar-refractivity contribution in [3.8, 4) is 0 Å². The van der Waals surface area contributed by atoms with Gasteiger partial charge < -0.3 is 0 Å². The van der Waals surface area contributed by atoms with E-state index < -0.39 is 0 Å². The van der Waals surface area contributed by atoms with Crippen LogP contribution < -0.4 is 0 Å². The van der Waals surface area contributed by atoms with Crippen LogP contribution in [-0.2, 0) is 4.84 Å². The maximum atomic E-state index is 5.07. The van der Waals surface area contributed by atoms with Crippen molar-refractivity contribution in [1.82, 2.24) is 5.17 Å². The highest BCUT2D eigenvalue weighted by atomic mass is 16.7. The number of quaternary nitrogens is 1. The molecule has 0 aliphatic carbocycles. The van der Waals surface area contributed by atoms with Crippen LogP contribution in [0.5, 0.6) is 0 Å². The Balaban J connectivity index is 3.79. The molecule has 0 aromatic carbocycles. The molecule has 0 aliphatic heterocycles. The largest absolute Gasteiger partial charge is 0.257 e. The Morgan fingerprint density at radius 2 is 1.78 bits per heavy atom. The molecule has 9 heavy (non-hydrogen) atoms. The summed E-state index contributed by atoms with van der Waals surface area (Å²) in [6.07, 6.45) is 0. The van der Waals surface area contributed by atoms with Crippen LogP contribution in [-0.4, -0.2) is 44.6 Å². The van der Waals surface area contributed by atoms with E-state index in [0.717, 1.165) is 6.54 Å². The summed E-state index contributed by atoms with van der Waals surface area (Å²) >= 11 is 0. The van der Waals surface area contributed by atoms with Gasteiger partial charge in [-0.15, -0.1) is 0 Å². The second kappa shape index (κ2) is 3.15. The van der Waals surface area contributed by atoms with Crippen LogP contribution >= 0.6 is 0 Å². The van der Waals surface area contributed by atoms with Crippen LogP contribution in [0.3, 0.4) is 0 Å². The van der Waals surface area contributed by atoms with Crippen LogP contribution in [0, 0.1) is 0 Å². The van der Waals surface area contributed by atoms with Gasteiger partial charge in [0.1, 0.15) is 0 Å². The Bertz CT molecular complexity index is 73.6. The maximum Gasteiger partial charge on any atom is 0.0875 e. The third kappa shape index (κ3) is 2.79. The fourth-order valence-corrected chi connectivity index (χ4v) is 0.798. The average Bonchev–Trinajstić information content (AvgIpc) is 1.65. The Morgan fingerprint density at radius 1 is 1.33 bits per heavy atom. The van der Waals surface area contributed by atoms with Gasteiger partial charge in [-0.3, -0.25) is 4.84 Å². The van der Waals surface area contributed by atoms with Crippen molar-refractivity contribution in [1.29, 1.82) is 0 Å². The Hall–Kier alpha value is -0.120. The monoisotopic (exact) mass is 133 g/mol. The molecule has 0 bridgehead atoms. The van der Waals surface area contributed by atoms with Gasteiger partial charge in [0, 0.05) is 0 Å². The zero-order valence-corrected chi connectivity index (χ0v) is 7.01. The molecule has 0 aromatic rings. The van der Waals surface area contributed by atoms with Crippen molar-refractivity contribution in [3.63, 3.8) is 0 Å². The molecule has 0 heterocycles. The molecule has 0 saturated heterocycles. The van der Waals surface area contributed by atoms with E-state index in [1.165, 1.54) is 0 Å². The highest BCUT2D eigenvalue weighted by molar-refractivity contribution is 4.14. The van der Waals surface area contributed by atoms with Gasteiger partial charge in [0.25, 0.3) is 0 Å². The summed E-state index contributed by atoms with van der Waals surface area (Å²) in [5.41, 5.74) is 0. The average molecular weight is 133 g/mol. The molecule has 0 aliphatic rings. The topological polar surface area (TPSA) is 12.5 Å². The number of hydrogen-bond acceptors (Lipinski definition) is 2. The van der Waals surface area contributed by atoms with Gasteiger partial charge in [0.15, 0.2) is 0 Å². The predicted octanol–water partition coefficient (Wildman–Crippen LogP) is 0.491. The summed E-state index contributed by atoms with van der Waals surface area (Å²) in [5.74, 6) is 0. The lowest BCUT2D eigenvalue weighted by atomic mass is 10.7. The zero-order chi connectivity index (χ0) is 7.49. The molecule has 0 fully saturated rings. The van der Waals surface area contributed by atoms with Crippen molar-refractivity contribution >= 4 is 0 Å². The maximum absolute atomic E-state index is 5.07. The van der Waals surface area contributed by atoms with Gasteiger partial charge in [-0.1, -0.05) is 0 Å². The minimum absolute atomic E-state index is 0.715. The normalized spacial score (nSPS) is 12.7. The Kier molecular flexibility index (Phi) is 3.11. The summed E-state index contributed by atoms with van der Waals surface area (Å²) < 4.78 is 0.715. The smallest absolute Gasteiger partial charge is 0.0875 e. The van der Waals surface area contributed by atoms with E-state index in [4.69, 9.17) is 4.84 Å². The molecule has 56 valence electrons. The van der Waals surface area contributed by atoms with Crippen LogP contribution in [0.1, 0.15) is 6.92 Å². The molecule has 0 atom stereocenters.